The molecule has 0 saturated heterocycles. The zero-order chi connectivity index (χ0) is 25.1. The van der Waals surface area contributed by atoms with E-state index >= 15 is 0 Å². The van der Waals surface area contributed by atoms with E-state index in [4.69, 9.17) is 18.9 Å². The molecule has 0 saturated carbocycles. The Kier molecular flexibility index (Phi) is 17.1. The van der Waals surface area contributed by atoms with Crippen molar-refractivity contribution in [2.45, 2.75) is 137 Å². The predicted molar refractivity (Wildman–Crippen MR) is 124 cm³/mol. The van der Waals surface area contributed by atoms with Crippen molar-refractivity contribution in [2.75, 3.05) is 0 Å². The van der Waals surface area contributed by atoms with Crippen LogP contribution in [0.2, 0.25) is 0 Å². The lowest BCUT2D eigenvalue weighted by molar-refractivity contribution is -0.365. The van der Waals surface area contributed by atoms with Crippen LogP contribution >= 0.6 is 0 Å². The van der Waals surface area contributed by atoms with Crippen LogP contribution in [0.15, 0.2) is 0 Å². The van der Waals surface area contributed by atoms with Gasteiger partial charge < -0.3 is 18.9 Å². The van der Waals surface area contributed by atoms with Gasteiger partial charge in [-0.1, -0.05) is 66.7 Å². The molecule has 0 bridgehead atoms. The maximum atomic E-state index is 12.6. The molecule has 1 unspecified atom stereocenters. The van der Waals surface area contributed by atoms with Gasteiger partial charge in [0.1, 0.15) is 0 Å². The number of ether oxygens (including phenoxy) is 4. The molecule has 192 valence electrons. The molecular formula is C25H44O8. The molecule has 0 aromatic heterocycles. The quantitative estimate of drug-likeness (QED) is 0.173. The predicted octanol–water partition coefficient (Wildman–Crippen LogP) is 5.74. The molecule has 0 heterocycles. The van der Waals surface area contributed by atoms with Crippen molar-refractivity contribution in [1.29, 1.82) is 0 Å². The number of esters is 4. The van der Waals surface area contributed by atoms with Gasteiger partial charge in [-0.25, -0.2) is 0 Å². The Morgan fingerprint density at radius 3 is 1.18 bits per heavy atom. The molecule has 0 fully saturated rings. The van der Waals surface area contributed by atoms with E-state index in [0.29, 0.717) is 32.1 Å². The highest BCUT2D eigenvalue weighted by molar-refractivity contribution is 5.74. The summed E-state index contributed by atoms with van der Waals surface area (Å²) >= 11 is 0. The minimum absolute atomic E-state index is 0.0555. The summed E-state index contributed by atoms with van der Waals surface area (Å²) in [6.07, 6.45) is 5.08. The molecular weight excluding hydrogens is 428 g/mol. The van der Waals surface area contributed by atoms with E-state index in [9.17, 15) is 19.2 Å². The minimum Gasteiger partial charge on any atom is -0.449 e. The zero-order valence-corrected chi connectivity index (χ0v) is 21.2. The Labute approximate surface area is 199 Å². The van der Waals surface area contributed by atoms with Gasteiger partial charge >= 0.3 is 29.9 Å². The van der Waals surface area contributed by atoms with Crippen LogP contribution < -0.4 is 0 Å². The summed E-state index contributed by atoms with van der Waals surface area (Å²) in [4.78, 5) is 50.4. The van der Waals surface area contributed by atoms with Gasteiger partial charge in [0.25, 0.3) is 0 Å². The average molecular weight is 473 g/mol. The number of carbonyl (C=O) groups is 4. The Balaban J connectivity index is 6.14. The lowest BCUT2D eigenvalue weighted by Crippen LogP contribution is -2.55. The summed E-state index contributed by atoms with van der Waals surface area (Å²) < 4.78 is 22.3. The molecule has 8 nitrogen and oxygen atoms in total. The lowest BCUT2D eigenvalue weighted by Gasteiger charge is -2.36. The topological polar surface area (TPSA) is 105 Å². The first-order chi connectivity index (χ1) is 15.8. The Hall–Kier alpha value is -2.12. The lowest BCUT2D eigenvalue weighted by atomic mass is 10.1. The SMILES string of the molecule is CCCCC(=O)OC(CCC)C(OC(=O)CCCC)(OC(=O)CCCC)OC(=O)CCCC. The van der Waals surface area contributed by atoms with E-state index in [1.54, 1.807) is 0 Å². The monoisotopic (exact) mass is 472 g/mol. The van der Waals surface area contributed by atoms with Gasteiger partial charge in [-0.2, -0.15) is 0 Å². The molecule has 0 aliphatic rings. The van der Waals surface area contributed by atoms with Gasteiger partial charge in [0.15, 0.2) is 0 Å². The van der Waals surface area contributed by atoms with Crippen molar-refractivity contribution < 1.29 is 38.1 Å². The molecule has 0 spiro atoms. The van der Waals surface area contributed by atoms with Crippen molar-refractivity contribution >= 4 is 23.9 Å². The third-order valence-electron chi connectivity index (χ3n) is 4.93. The number of rotatable bonds is 19. The van der Waals surface area contributed by atoms with Gasteiger partial charge in [0, 0.05) is 25.7 Å². The van der Waals surface area contributed by atoms with E-state index in [2.05, 4.69) is 0 Å². The molecule has 33 heavy (non-hydrogen) atoms. The third kappa shape index (κ3) is 13.2. The first-order valence-electron chi connectivity index (χ1n) is 12.6. The van der Waals surface area contributed by atoms with Crippen LogP contribution in [0.3, 0.4) is 0 Å². The molecule has 0 radical (unpaired) electrons. The highest BCUT2D eigenvalue weighted by Gasteiger charge is 2.53. The molecule has 0 amide bonds. The molecule has 0 N–H and O–H groups in total. The van der Waals surface area contributed by atoms with Crippen LogP contribution in [-0.2, 0) is 38.1 Å². The molecule has 1 atom stereocenters. The smallest absolute Gasteiger partial charge is 0.449 e. The molecule has 0 aromatic carbocycles. The minimum atomic E-state index is -2.43. The van der Waals surface area contributed by atoms with Crippen LogP contribution in [0.1, 0.15) is 125 Å². The summed E-state index contributed by atoms with van der Waals surface area (Å²) in [7, 11) is 0. The number of hydrogen-bond donors (Lipinski definition) is 0. The Bertz CT molecular complexity index is 532. The molecule has 0 aliphatic carbocycles. The maximum Gasteiger partial charge on any atom is 0.463 e. The van der Waals surface area contributed by atoms with Crippen molar-refractivity contribution in [3.8, 4) is 0 Å². The summed E-state index contributed by atoms with van der Waals surface area (Å²) in [6, 6.07) is 0. The summed E-state index contributed by atoms with van der Waals surface area (Å²) in [5, 5.41) is 0. The fourth-order valence-corrected chi connectivity index (χ4v) is 2.96. The fourth-order valence-electron chi connectivity index (χ4n) is 2.96. The number of hydrogen-bond acceptors (Lipinski definition) is 8. The van der Waals surface area contributed by atoms with Crippen LogP contribution in [0, 0.1) is 0 Å². The second-order valence-electron chi connectivity index (χ2n) is 8.21. The second-order valence-corrected chi connectivity index (χ2v) is 8.21. The van der Waals surface area contributed by atoms with Gasteiger partial charge in [0.05, 0.1) is 0 Å². The van der Waals surface area contributed by atoms with Crippen LogP contribution in [-0.4, -0.2) is 36.0 Å². The van der Waals surface area contributed by atoms with Gasteiger partial charge in [-0.05, 0) is 32.1 Å². The summed E-state index contributed by atoms with van der Waals surface area (Å²) in [5.41, 5.74) is 0. The van der Waals surface area contributed by atoms with Crippen molar-refractivity contribution in [1.82, 2.24) is 0 Å². The Morgan fingerprint density at radius 2 is 0.879 bits per heavy atom. The van der Waals surface area contributed by atoms with E-state index < -0.39 is 36.0 Å². The van der Waals surface area contributed by atoms with Crippen molar-refractivity contribution in [3.05, 3.63) is 0 Å². The van der Waals surface area contributed by atoms with Crippen molar-refractivity contribution in [3.63, 3.8) is 0 Å². The molecule has 0 aliphatic heterocycles. The average Bonchev–Trinajstić information content (AvgIpc) is 2.78. The molecule has 0 aromatic rings. The first-order valence-corrected chi connectivity index (χ1v) is 12.6. The first kappa shape index (κ1) is 30.9. The van der Waals surface area contributed by atoms with E-state index in [1.807, 2.05) is 34.6 Å². The second kappa shape index (κ2) is 18.3. The van der Waals surface area contributed by atoms with Gasteiger partial charge in [-0.3, -0.25) is 19.2 Å². The van der Waals surface area contributed by atoms with Crippen LogP contribution in [0.4, 0.5) is 0 Å². The van der Waals surface area contributed by atoms with Gasteiger partial charge in [0.2, 0.25) is 6.10 Å². The summed E-state index contributed by atoms with van der Waals surface area (Å²) in [5.74, 6) is -5.02. The highest BCUT2D eigenvalue weighted by atomic mass is 16.9. The standard InChI is InChI=1S/C25H44O8/c1-6-11-16-21(26)30-20(15-10-5)25(31-22(27)17-12-7-2,32-23(28)18-13-8-3)33-24(29)19-14-9-4/h20H,6-19H2,1-5H3. The number of unbranched alkanes of at least 4 members (excludes halogenated alkanes) is 4. The fraction of sp³-hybridized carbons (Fsp3) is 0.840. The normalized spacial score (nSPS) is 12.0. The van der Waals surface area contributed by atoms with E-state index in [0.717, 1.165) is 25.7 Å². The van der Waals surface area contributed by atoms with E-state index in [-0.39, 0.29) is 32.1 Å². The van der Waals surface area contributed by atoms with Crippen LogP contribution in [0.5, 0.6) is 0 Å². The molecule has 8 heteroatoms. The molecule has 0 rings (SSSR count). The zero-order valence-electron chi connectivity index (χ0n) is 21.2. The summed E-state index contributed by atoms with van der Waals surface area (Å²) in [6.45, 7) is 9.55. The van der Waals surface area contributed by atoms with Crippen LogP contribution in [0.25, 0.3) is 0 Å². The maximum absolute atomic E-state index is 12.6. The number of carbonyl (C=O) groups excluding carboxylic acids is 4. The van der Waals surface area contributed by atoms with Crippen molar-refractivity contribution in [2.24, 2.45) is 0 Å². The Morgan fingerprint density at radius 1 is 0.545 bits per heavy atom. The highest BCUT2D eigenvalue weighted by Crippen LogP contribution is 2.30. The van der Waals surface area contributed by atoms with E-state index in [1.165, 1.54) is 0 Å². The third-order valence-corrected chi connectivity index (χ3v) is 4.93. The largest absolute Gasteiger partial charge is 0.463 e. The van der Waals surface area contributed by atoms with Gasteiger partial charge in [-0.15, -0.1) is 0 Å².